The van der Waals surface area contributed by atoms with Gasteiger partial charge in [-0.3, -0.25) is 9.39 Å². The molecule has 1 atom stereocenters. The fourth-order valence-corrected chi connectivity index (χ4v) is 5.04. The van der Waals surface area contributed by atoms with Crippen LogP contribution < -0.4 is 22.0 Å². The zero-order valence-electron chi connectivity index (χ0n) is 17.9. The lowest BCUT2D eigenvalue weighted by molar-refractivity contribution is 0.262. The van der Waals surface area contributed by atoms with E-state index in [0.29, 0.717) is 17.7 Å². The highest BCUT2D eigenvalue weighted by atomic mass is 15.1. The number of anilines is 1. The van der Waals surface area contributed by atoms with Gasteiger partial charge in [-0.1, -0.05) is 48.5 Å². The average Bonchev–Trinajstić information content (AvgIpc) is 3.19. The minimum atomic E-state index is 0.142. The summed E-state index contributed by atoms with van der Waals surface area (Å²) < 4.78 is 2.12. The molecule has 6 nitrogen and oxygen atoms in total. The number of nitrogen functional groups attached to an aromatic ring is 1. The van der Waals surface area contributed by atoms with Crippen LogP contribution in [0.25, 0.3) is 22.9 Å². The average molecular weight is 423 g/mol. The molecule has 4 N–H and O–H groups in total. The summed E-state index contributed by atoms with van der Waals surface area (Å²) in [6.45, 7) is 0.738. The molecule has 1 aliphatic carbocycles. The molecule has 160 valence electrons. The van der Waals surface area contributed by atoms with Gasteiger partial charge in [-0.15, -0.1) is 0 Å². The Morgan fingerprint density at radius 2 is 1.91 bits per heavy atom. The van der Waals surface area contributed by atoms with E-state index < -0.39 is 0 Å². The van der Waals surface area contributed by atoms with Crippen molar-refractivity contribution in [3.05, 3.63) is 82.9 Å². The quantitative estimate of drug-likeness (QED) is 0.529. The molecule has 0 radical (unpaired) electrons. The fourth-order valence-electron chi connectivity index (χ4n) is 5.04. The Kier molecular flexibility index (Phi) is 4.54. The van der Waals surface area contributed by atoms with Gasteiger partial charge >= 0.3 is 0 Å². The third-order valence-corrected chi connectivity index (χ3v) is 6.89. The molecule has 0 amide bonds. The van der Waals surface area contributed by atoms with Crippen LogP contribution in [0, 0.1) is 5.92 Å². The van der Waals surface area contributed by atoms with Crippen LogP contribution in [0.1, 0.15) is 42.6 Å². The van der Waals surface area contributed by atoms with E-state index in [1.807, 2.05) is 12.3 Å². The Balaban J connectivity index is 1.47. The van der Waals surface area contributed by atoms with E-state index in [2.05, 4.69) is 57.9 Å². The van der Waals surface area contributed by atoms with Crippen LogP contribution in [0.5, 0.6) is 0 Å². The molecule has 6 rings (SSSR count). The van der Waals surface area contributed by atoms with Crippen molar-refractivity contribution in [2.75, 3.05) is 12.3 Å². The van der Waals surface area contributed by atoms with E-state index >= 15 is 0 Å². The summed E-state index contributed by atoms with van der Waals surface area (Å²) in [4.78, 5) is 14.5. The first-order valence-corrected chi connectivity index (χ1v) is 11.3. The number of hydrogen-bond donors (Lipinski definition) is 2. The van der Waals surface area contributed by atoms with Gasteiger partial charge in [0.15, 0.2) is 0 Å². The van der Waals surface area contributed by atoms with Crippen molar-refractivity contribution < 1.29 is 0 Å². The molecule has 32 heavy (non-hydrogen) atoms. The number of aromatic nitrogens is 3. The van der Waals surface area contributed by atoms with Crippen LogP contribution in [0.15, 0.2) is 65.9 Å². The van der Waals surface area contributed by atoms with Crippen molar-refractivity contribution in [1.29, 1.82) is 0 Å². The summed E-state index contributed by atoms with van der Waals surface area (Å²) in [7, 11) is 0. The molecule has 3 heterocycles. The second kappa shape index (κ2) is 7.57. The zero-order valence-corrected chi connectivity index (χ0v) is 17.9. The van der Waals surface area contributed by atoms with Gasteiger partial charge in [-0.25, -0.2) is 9.97 Å². The predicted octanol–water partition coefficient (Wildman–Crippen LogP) is 2.98. The second-order valence-electron chi connectivity index (χ2n) is 8.89. The summed E-state index contributed by atoms with van der Waals surface area (Å²) in [5.41, 5.74) is 16.2. The van der Waals surface area contributed by atoms with Crippen molar-refractivity contribution in [3.63, 3.8) is 0 Å². The van der Waals surface area contributed by atoms with Gasteiger partial charge in [0.1, 0.15) is 22.9 Å². The molecule has 1 fully saturated rings. The van der Waals surface area contributed by atoms with Crippen molar-refractivity contribution in [2.24, 2.45) is 16.6 Å². The number of imidazole rings is 1. The number of benzene rings is 2. The van der Waals surface area contributed by atoms with Crippen molar-refractivity contribution in [2.45, 2.75) is 31.2 Å². The molecule has 1 saturated carbocycles. The van der Waals surface area contributed by atoms with E-state index in [9.17, 15) is 0 Å². The van der Waals surface area contributed by atoms with Crippen LogP contribution in [-0.2, 0) is 0 Å². The SMILES string of the molecule is NCC1CC(c2nc(-c3ccc4c(c3)=NC(c3ccccc3)CC=4)c3c(N)nccn23)C1. The van der Waals surface area contributed by atoms with Crippen molar-refractivity contribution >= 4 is 17.4 Å². The summed E-state index contributed by atoms with van der Waals surface area (Å²) in [5, 5.41) is 2.17. The first-order chi connectivity index (χ1) is 15.7. The van der Waals surface area contributed by atoms with Crippen LogP contribution in [0.3, 0.4) is 0 Å². The lowest BCUT2D eigenvalue weighted by Crippen LogP contribution is -2.29. The Bertz CT molecular complexity index is 1420. The maximum Gasteiger partial charge on any atom is 0.150 e. The summed E-state index contributed by atoms with van der Waals surface area (Å²) in [6.07, 6.45) is 9.05. The van der Waals surface area contributed by atoms with Gasteiger partial charge in [-0.2, -0.15) is 0 Å². The fraction of sp³-hybridized carbons (Fsp3) is 0.269. The van der Waals surface area contributed by atoms with Crippen molar-refractivity contribution in [1.82, 2.24) is 14.4 Å². The minimum absolute atomic E-state index is 0.142. The van der Waals surface area contributed by atoms with Crippen LogP contribution in [0.4, 0.5) is 5.82 Å². The standard InChI is InChI=1S/C26H26N6/c27-15-16-12-20(13-16)26-31-23(24-25(28)29-10-11-32(24)26)19-7-6-18-8-9-21(30-22(18)14-19)17-4-2-1-3-5-17/h1-8,10-11,14,16,20-21H,9,12-13,15,27H2,(H2,28,29). The third-order valence-electron chi connectivity index (χ3n) is 6.89. The van der Waals surface area contributed by atoms with Crippen LogP contribution >= 0.6 is 0 Å². The van der Waals surface area contributed by atoms with E-state index in [-0.39, 0.29) is 6.04 Å². The smallest absolute Gasteiger partial charge is 0.150 e. The second-order valence-corrected chi connectivity index (χ2v) is 8.89. The largest absolute Gasteiger partial charge is 0.382 e. The molecule has 4 aromatic rings. The van der Waals surface area contributed by atoms with E-state index in [1.165, 1.54) is 10.8 Å². The van der Waals surface area contributed by atoms with Gasteiger partial charge in [0, 0.05) is 23.9 Å². The zero-order chi connectivity index (χ0) is 21.7. The molecular weight excluding hydrogens is 396 g/mol. The first kappa shape index (κ1) is 19.2. The minimum Gasteiger partial charge on any atom is -0.382 e. The topological polar surface area (TPSA) is 94.6 Å². The summed E-state index contributed by atoms with van der Waals surface area (Å²) in [5.74, 6) is 2.55. The Labute approximate surface area is 186 Å². The molecule has 0 spiro atoms. The molecule has 6 heteroatoms. The molecule has 1 unspecified atom stereocenters. The highest BCUT2D eigenvalue weighted by Crippen LogP contribution is 2.42. The highest BCUT2D eigenvalue weighted by molar-refractivity contribution is 5.85. The van der Waals surface area contributed by atoms with E-state index in [1.54, 1.807) is 6.20 Å². The monoisotopic (exact) mass is 422 g/mol. The van der Waals surface area contributed by atoms with E-state index in [4.69, 9.17) is 21.4 Å². The Hall–Kier alpha value is -3.51. The van der Waals surface area contributed by atoms with Crippen molar-refractivity contribution in [3.8, 4) is 11.3 Å². The molecule has 2 aliphatic rings. The van der Waals surface area contributed by atoms with Crippen LogP contribution in [0.2, 0.25) is 0 Å². The number of hydrogen-bond acceptors (Lipinski definition) is 5. The van der Waals surface area contributed by atoms with Gasteiger partial charge in [0.25, 0.3) is 0 Å². The van der Waals surface area contributed by atoms with Gasteiger partial charge in [-0.05, 0) is 48.6 Å². The maximum atomic E-state index is 6.34. The molecule has 2 aromatic heterocycles. The maximum absolute atomic E-state index is 6.34. The molecule has 2 aromatic carbocycles. The lowest BCUT2D eigenvalue weighted by atomic mass is 9.74. The lowest BCUT2D eigenvalue weighted by Gasteiger charge is -2.33. The first-order valence-electron chi connectivity index (χ1n) is 11.3. The third kappa shape index (κ3) is 3.10. The molecule has 0 bridgehead atoms. The predicted molar refractivity (Wildman–Crippen MR) is 126 cm³/mol. The highest BCUT2D eigenvalue weighted by Gasteiger charge is 2.33. The summed E-state index contributed by atoms with van der Waals surface area (Å²) in [6, 6.07) is 17.0. The molecule has 1 aliphatic heterocycles. The number of fused-ring (bicyclic) bond motifs is 2. The van der Waals surface area contributed by atoms with Gasteiger partial charge in [0.05, 0.1) is 11.4 Å². The van der Waals surface area contributed by atoms with E-state index in [0.717, 1.165) is 53.8 Å². The van der Waals surface area contributed by atoms with Gasteiger partial charge < -0.3 is 11.5 Å². The van der Waals surface area contributed by atoms with Gasteiger partial charge in [0.2, 0.25) is 0 Å². The Morgan fingerprint density at radius 1 is 1.06 bits per heavy atom. The number of nitrogens with two attached hydrogens (primary N) is 2. The molecule has 0 saturated heterocycles. The van der Waals surface area contributed by atoms with Crippen LogP contribution in [-0.4, -0.2) is 20.9 Å². The Morgan fingerprint density at radius 3 is 2.72 bits per heavy atom. The number of nitrogens with zero attached hydrogens (tertiary/aromatic N) is 4. The number of rotatable bonds is 4. The normalized spacial score (nSPS) is 22.0. The summed E-state index contributed by atoms with van der Waals surface area (Å²) >= 11 is 0. The molecular formula is C26H26N6.